The SMILES string of the molecule is C[C@H]1OC(=O)[C@]2(C)CC(F)(F)[C@@H](C)[C@H](/C=C/c3ccc(-c4ccccc4C#N)cn3)[C@H]12. The van der Waals surface area contributed by atoms with E-state index in [0.717, 1.165) is 11.1 Å². The van der Waals surface area contributed by atoms with E-state index in [-0.39, 0.29) is 5.92 Å². The molecule has 0 N–H and O–H groups in total. The van der Waals surface area contributed by atoms with Crippen LogP contribution in [-0.4, -0.2) is 23.0 Å². The van der Waals surface area contributed by atoms with Crippen molar-refractivity contribution in [3.05, 3.63) is 59.9 Å². The summed E-state index contributed by atoms with van der Waals surface area (Å²) in [5, 5.41) is 9.29. The second-order valence-electron chi connectivity index (χ2n) is 8.85. The Bertz CT molecular complexity index is 1070. The molecule has 5 atom stereocenters. The summed E-state index contributed by atoms with van der Waals surface area (Å²) in [5.74, 6) is -5.24. The van der Waals surface area contributed by atoms with Crippen LogP contribution in [0.25, 0.3) is 17.2 Å². The summed E-state index contributed by atoms with van der Waals surface area (Å²) in [6, 6.07) is 13.1. The highest BCUT2D eigenvalue weighted by molar-refractivity contribution is 5.80. The lowest BCUT2D eigenvalue weighted by molar-refractivity contribution is -0.167. The predicted octanol–water partition coefficient (Wildman–Crippen LogP) is 5.49. The molecule has 1 aromatic carbocycles. The quantitative estimate of drug-likeness (QED) is 0.614. The molecule has 2 aliphatic rings. The Hall–Kier alpha value is -3.07. The minimum Gasteiger partial charge on any atom is -0.462 e. The van der Waals surface area contributed by atoms with Gasteiger partial charge in [0.25, 0.3) is 5.92 Å². The number of nitriles is 1. The summed E-state index contributed by atoms with van der Waals surface area (Å²) in [4.78, 5) is 16.8. The monoisotopic (exact) mass is 422 g/mol. The fourth-order valence-corrected chi connectivity index (χ4v) is 5.19. The van der Waals surface area contributed by atoms with Crippen LogP contribution in [0, 0.1) is 34.5 Å². The van der Waals surface area contributed by atoms with Gasteiger partial charge in [0.1, 0.15) is 6.10 Å². The number of aromatic nitrogens is 1. The lowest BCUT2D eigenvalue weighted by atomic mass is 9.57. The van der Waals surface area contributed by atoms with Crippen LogP contribution in [0.4, 0.5) is 8.78 Å². The zero-order chi connectivity index (χ0) is 22.4. The third kappa shape index (κ3) is 3.52. The van der Waals surface area contributed by atoms with Crippen molar-refractivity contribution in [2.24, 2.45) is 23.2 Å². The van der Waals surface area contributed by atoms with Crippen LogP contribution < -0.4 is 0 Å². The van der Waals surface area contributed by atoms with Crippen LogP contribution >= 0.6 is 0 Å². The topological polar surface area (TPSA) is 63.0 Å². The number of esters is 1. The summed E-state index contributed by atoms with van der Waals surface area (Å²) in [5.41, 5.74) is 1.59. The number of nitrogens with zero attached hydrogens (tertiary/aromatic N) is 2. The molecule has 0 unspecified atom stereocenters. The van der Waals surface area contributed by atoms with Crippen molar-refractivity contribution in [2.45, 2.75) is 39.2 Å². The minimum absolute atomic E-state index is 0.312. The molecule has 0 radical (unpaired) electrons. The zero-order valence-electron chi connectivity index (χ0n) is 17.7. The molecule has 4 rings (SSSR count). The number of allylic oxidation sites excluding steroid dienone is 1. The van der Waals surface area contributed by atoms with Gasteiger partial charge >= 0.3 is 5.97 Å². The maximum Gasteiger partial charge on any atom is 0.312 e. The molecule has 1 aliphatic carbocycles. The number of fused-ring (bicyclic) bond motifs is 1. The zero-order valence-corrected chi connectivity index (χ0v) is 17.7. The Balaban J connectivity index is 1.62. The largest absolute Gasteiger partial charge is 0.462 e. The lowest BCUT2D eigenvalue weighted by Gasteiger charge is -2.46. The average Bonchev–Trinajstić information content (AvgIpc) is 2.96. The Morgan fingerprint density at radius 1 is 1.23 bits per heavy atom. The van der Waals surface area contributed by atoms with Crippen LogP contribution in [0.1, 0.15) is 38.4 Å². The fourth-order valence-electron chi connectivity index (χ4n) is 5.19. The highest BCUT2D eigenvalue weighted by Crippen LogP contribution is 2.59. The number of alkyl halides is 2. The number of hydrogen-bond donors (Lipinski definition) is 0. The molecule has 0 bridgehead atoms. The number of ether oxygens (including phenoxy) is 1. The molecule has 6 heteroatoms. The van der Waals surface area contributed by atoms with Crippen molar-refractivity contribution in [3.8, 4) is 17.2 Å². The second kappa shape index (κ2) is 7.56. The van der Waals surface area contributed by atoms with E-state index < -0.39 is 41.7 Å². The predicted molar refractivity (Wildman–Crippen MR) is 113 cm³/mol. The molecule has 31 heavy (non-hydrogen) atoms. The Labute approximate surface area is 180 Å². The molecular weight excluding hydrogens is 398 g/mol. The van der Waals surface area contributed by atoms with Gasteiger partial charge in [0.15, 0.2) is 0 Å². The van der Waals surface area contributed by atoms with E-state index in [1.54, 1.807) is 57.3 Å². The van der Waals surface area contributed by atoms with Crippen molar-refractivity contribution in [3.63, 3.8) is 0 Å². The van der Waals surface area contributed by atoms with Crippen LogP contribution in [-0.2, 0) is 9.53 Å². The van der Waals surface area contributed by atoms with Gasteiger partial charge in [0.2, 0.25) is 0 Å². The number of carbonyl (C=O) groups is 1. The molecule has 160 valence electrons. The van der Waals surface area contributed by atoms with Crippen molar-refractivity contribution < 1.29 is 18.3 Å². The number of cyclic esters (lactones) is 1. The summed E-state index contributed by atoms with van der Waals surface area (Å²) in [6.07, 6.45) is 4.26. The van der Waals surface area contributed by atoms with Gasteiger partial charge in [-0.1, -0.05) is 37.3 Å². The number of carbonyl (C=O) groups excluding carboxylic acids is 1. The standard InChI is InChI=1S/C25H24F2N2O2/c1-15-20(22-16(2)31-23(30)24(22,3)14-25(15,26)27)11-10-19-9-8-18(13-29-19)21-7-5-4-6-17(21)12-28/h4-11,13,15-16,20,22H,14H2,1-3H3/b11-10+/t15-,16+,20-,22-,24+/m0/s1. The Morgan fingerprint density at radius 3 is 2.65 bits per heavy atom. The summed E-state index contributed by atoms with van der Waals surface area (Å²) < 4.78 is 34.9. The van der Waals surface area contributed by atoms with Gasteiger partial charge in [-0.3, -0.25) is 9.78 Å². The summed E-state index contributed by atoms with van der Waals surface area (Å²) in [7, 11) is 0. The normalized spacial score (nSPS) is 31.8. The van der Waals surface area contributed by atoms with Gasteiger partial charge < -0.3 is 4.74 Å². The van der Waals surface area contributed by atoms with Crippen LogP contribution in [0.15, 0.2) is 48.7 Å². The molecule has 4 nitrogen and oxygen atoms in total. The molecular formula is C25H24F2N2O2. The van der Waals surface area contributed by atoms with E-state index in [1.807, 2.05) is 18.2 Å². The molecule has 1 saturated carbocycles. The van der Waals surface area contributed by atoms with Gasteiger partial charge in [-0.15, -0.1) is 0 Å². The molecule has 1 aliphatic heterocycles. The van der Waals surface area contributed by atoms with E-state index in [4.69, 9.17) is 4.74 Å². The average molecular weight is 422 g/mol. The fraction of sp³-hybridized carbons (Fsp3) is 0.400. The van der Waals surface area contributed by atoms with Crippen LogP contribution in [0.3, 0.4) is 0 Å². The molecule has 2 fully saturated rings. The summed E-state index contributed by atoms with van der Waals surface area (Å²) >= 11 is 0. The molecule has 2 aromatic rings. The first-order valence-corrected chi connectivity index (χ1v) is 10.4. The Morgan fingerprint density at radius 2 is 1.97 bits per heavy atom. The van der Waals surface area contributed by atoms with Gasteiger partial charge in [-0.25, -0.2) is 8.78 Å². The van der Waals surface area contributed by atoms with E-state index >= 15 is 0 Å². The molecule has 1 saturated heterocycles. The van der Waals surface area contributed by atoms with E-state index in [2.05, 4.69) is 11.1 Å². The first-order valence-electron chi connectivity index (χ1n) is 10.4. The van der Waals surface area contributed by atoms with Crippen molar-refractivity contribution in [1.29, 1.82) is 5.26 Å². The van der Waals surface area contributed by atoms with Gasteiger partial charge in [-0.2, -0.15) is 5.26 Å². The number of halogens is 2. The molecule has 0 spiro atoms. The molecule has 1 aromatic heterocycles. The van der Waals surface area contributed by atoms with Crippen molar-refractivity contribution in [2.75, 3.05) is 0 Å². The third-order valence-electron chi connectivity index (χ3n) is 6.90. The van der Waals surface area contributed by atoms with E-state index in [9.17, 15) is 18.8 Å². The second-order valence-corrected chi connectivity index (χ2v) is 8.85. The van der Waals surface area contributed by atoms with E-state index in [1.165, 1.54) is 0 Å². The molecule has 0 amide bonds. The highest BCUT2D eigenvalue weighted by atomic mass is 19.3. The molecule has 2 heterocycles. The minimum atomic E-state index is -2.96. The smallest absolute Gasteiger partial charge is 0.312 e. The van der Waals surface area contributed by atoms with Gasteiger partial charge in [-0.05, 0) is 38.0 Å². The van der Waals surface area contributed by atoms with Gasteiger partial charge in [0, 0.05) is 35.6 Å². The number of rotatable bonds is 3. The van der Waals surface area contributed by atoms with Gasteiger partial charge in [0.05, 0.1) is 22.7 Å². The number of pyridine rings is 1. The van der Waals surface area contributed by atoms with Crippen LogP contribution in [0.2, 0.25) is 0 Å². The van der Waals surface area contributed by atoms with E-state index in [0.29, 0.717) is 11.3 Å². The maximum absolute atomic E-state index is 14.8. The first-order chi connectivity index (χ1) is 14.7. The number of benzene rings is 1. The van der Waals surface area contributed by atoms with Crippen molar-refractivity contribution >= 4 is 12.0 Å². The number of hydrogen-bond acceptors (Lipinski definition) is 4. The maximum atomic E-state index is 14.8. The first kappa shape index (κ1) is 21.2. The van der Waals surface area contributed by atoms with Crippen LogP contribution in [0.5, 0.6) is 0 Å². The third-order valence-corrected chi connectivity index (χ3v) is 6.90. The summed E-state index contributed by atoms with van der Waals surface area (Å²) in [6.45, 7) is 4.92. The highest BCUT2D eigenvalue weighted by Gasteiger charge is 2.65. The lowest BCUT2D eigenvalue weighted by Crippen LogP contribution is -2.52. The Kier molecular flexibility index (Phi) is 5.17. The van der Waals surface area contributed by atoms with Crippen molar-refractivity contribution in [1.82, 2.24) is 4.98 Å².